The van der Waals surface area contributed by atoms with Crippen molar-refractivity contribution >= 4 is 28.8 Å². The molecule has 5 heterocycles. The van der Waals surface area contributed by atoms with Crippen molar-refractivity contribution in [1.82, 2.24) is 29.9 Å². The molecule has 4 aromatic heterocycles. The highest BCUT2D eigenvalue weighted by molar-refractivity contribution is 5.85. The quantitative estimate of drug-likeness (QED) is 0.285. The fraction of sp³-hybridized carbons (Fsp3) is 0.333. The van der Waals surface area contributed by atoms with Crippen molar-refractivity contribution in [2.24, 2.45) is 13.0 Å². The number of nitrogens with zero attached hydrogens (tertiary/aromatic N) is 8. The number of para-hydroxylation sites is 1. The highest BCUT2D eigenvalue weighted by Crippen LogP contribution is 2.32. The van der Waals surface area contributed by atoms with Crippen LogP contribution in [0.2, 0.25) is 0 Å². The van der Waals surface area contributed by atoms with Crippen molar-refractivity contribution < 1.29 is 19.2 Å². The molecule has 1 aliphatic heterocycles. The first-order valence-electron chi connectivity index (χ1n) is 13.8. The number of carbonyl (C=O) groups is 1. The summed E-state index contributed by atoms with van der Waals surface area (Å²) >= 11 is 0. The number of benzene rings is 1. The van der Waals surface area contributed by atoms with Crippen molar-refractivity contribution in [2.75, 3.05) is 43.1 Å². The second-order valence-corrected chi connectivity index (χ2v) is 10.7. The van der Waals surface area contributed by atoms with Crippen LogP contribution >= 0.6 is 0 Å². The van der Waals surface area contributed by atoms with Crippen LogP contribution in [0.4, 0.5) is 11.8 Å². The molecule has 1 atom stereocenters. The Labute approximate surface area is 242 Å². The third-order valence-corrected chi connectivity index (χ3v) is 7.73. The summed E-state index contributed by atoms with van der Waals surface area (Å²) in [6.07, 6.45) is 3.45. The van der Waals surface area contributed by atoms with Gasteiger partial charge in [0, 0.05) is 68.9 Å². The Bertz CT molecular complexity index is 1720. The maximum Gasteiger partial charge on any atom is 0.316 e. The second kappa shape index (κ2) is 11.1. The van der Waals surface area contributed by atoms with Gasteiger partial charge in [0.05, 0.1) is 18.3 Å². The molecule has 5 aromatic rings. The predicted octanol–water partition coefficient (Wildman–Crippen LogP) is 4.03. The fourth-order valence-corrected chi connectivity index (χ4v) is 5.40. The number of piperazine rings is 1. The monoisotopic (exact) mass is 568 g/mol. The Kier molecular flexibility index (Phi) is 7.19. The number of rotatable bonds is 7. The number of methoxy groups -OCH3 is 1. The summed E-state index contributed by atoms with van der Waals surface area (Å²) in [6, 6.07) is 12.9. The van der Waals surface area contributed by atoms with E-state index in [1.807, 2.05) is 45.2 Å². The standard InChI is InChI=1S/C30H32N8O4/c1-18(2)28(29(40)41-4)26-14-21(35-42-26)19-16-31-30(32-17-19)38-11-9-37(10-12-38)27-15-23-24(36(27)3)13-22(33-34-23)20-7-5-6-8-25(20)39/h5-8,13-18,28,39H,9-12H2,1-4H3. The van der Waals surface area contributed by atoms with Crippen LogP contribution in [0.15, 0.2) is 59.4 Å². The lowest BCUT2D eigenvalue weighted by molar-refractivity contribution is -0.144. The number of hydrogen-bond donors (Lipinski definition) is 1. The molecule has 216 valence electrons. The number of aromatic hydroxyl groups is 1. The van der Waals surface area contributed by atoms with Gasteiger partial charge in [-0.25, -0.2) is 9.97 Å². The van der Waals surface area contributed by atoms with Crippen molar-refractivity contribution in [2.45, 2.75) is 19.8 Å². The summed E-state index contributed by atoms with van der Waals surface area (Å²) in [5.41, 5.74) is 4.31. The van der Waals surface area contributed by atoms with Gasteiger partial charge >= 0.3 is 5.97 Å². The highest BCUT2D eigenvalue weighted by Gasteiger charge is 2.30. The van der Waals surface area contributed by atoms with Gasteiger partial charge in [0.25, 0.3) is 0 Å². The van der Waals surface area contributed by atoms with E-state index >= 15 is 0 Å². The number of anilines is 2. The Morgan fingerprint density at radius 3 is 2.38 bits per heavy atom. The summed E-state index contributed by atoms with van der Waals surface area (Å²) in [5.74, 6) is 1.45. The van der Waals surface area contributed by atoms with Crippen molar-refractivity contribution in [3.63, 3.8) is 0 Å². The molecule has 1 aromatic carbocycles. The Hall–Kier alpha value is -5.00. The number of phenols is 1. The van der Waals surface area contributed by atoms with E-state index < -0.39 is 5.92 Å². The van der Waals surface area contributed by atoms with Gasteiger partial charge in [-0.3, -0.25) is 4.79 Å². The van der Waals surface area contributed by atoms with Gasteiger partial charge in [-0.1, -0.05) is 31.1 Å². The van der Waals surface area contributed by atoms with E-state index in [4.69, 9.17) is 9.26 Å². The Morgan fingerprint density at radius 1 is 0.976 bits per heavy atom. The SMILES string of the molecule is COC(=O)C(c1cc(-c2cnc(N3CCN(c4cc5nnc(-c6ccccc6O)cc5n4C)CC3)nc2)no1)C(C)C. The molecule has 12 heteroatoms. The first-order valence-corrected chi connectivity index (χ1v) is 13.8. The highest BCUT2D eigenvalue weighted by atomic mass is 16.5. The van der Waals surface area contributed by atoms with Crippen LogP contribution in [0.1, 0.15) is 25.5 Å². The summed E-state index contributed by atoms with van der Waals surface area (Å²) in [4.78, 5) is 25.9. The van der Waals surface area contributed by atoms with Gasteiger partial charge < -0.3 is 28.7 Å². The average molecular weight is 569 g/mol. The van der Waals surface area contributed by atoms with E-state index in [0.29, 0.717) is 34.2 Å². The molecular weight excluding hydrogens is 536 g/mol. The van der Waals surface area contributed by atoms with Crippen LogP contribution in [0.3, 0.4) is 0 Å². The molecule has 1 N–H and O–H groups in total. The average Bonchev–Trinajstić information content (AvgIpc) is 3.62. The van der Waals surface area contributed by atoms with Crippen LogP contribution in [0, 0.1) is 5.92 Å². The van der Waals surface area contributed by atoms with E-state index in [9.17, 15) is 9.90 Å². The minimum atomic E-state index is -0.527. The van der Waals surface area contributed by atoms with Crippen LogP contribution < -0.4 is 9.80 Å². The first-order chi connectivity index (χ1) is 20.3. The number of phenolic OH excluding ortho intramolecular Hbond substituents is 1. The van der Waals surface area contributed by atoms with E-state index in [0.717, 1.165) is 43.0 Å². The number of aromatic nitrogens is 6. The van der Waals surface area contributed by atoms with Crippen LogP contribution in [0.25, 0.3) is 33.5 Å². The molecule has 42 heavy (non-hydrogen) atoms. The number of aryl methyl sites for hydroxylation is 1. The molecule has 0 aliphatic carbocycles. The number of hydrogen-bond acceptors (Lipinski definition) is 11. The third kappa shape index (κ3) is 5.00. The molecular formula is C30H32N8O4. The maximum absolute atomic E-state index is 12.2. The maximum atomic E-state index is 12.2. The molecule has 1 aliphatic rings. The summed E-state index contributed by atoms with van der Waals surface area (Å²) < 4.78 is 12.5. The third-order valence-electron chi connectivity index (χ3n) is 7.73. The van der Waals surface area contributed by atoms with Crippen LogP contribution in [0.5, 0.6) is 5.75 Å². The number of esters is 1. The van der Waals surface area contributed by atoms with Crippen molar-refractivity contribution in [1.29, 1.82) is 0 Å². The second-order valence-electron chi connectivity index (χ2n) is 10.7. The summed E-state index contributed by atoms with van der Waals surface area (Å²) in [6.45, 7) is 6.93. The molecule has 1 unspecified atom stereocenters. The number of carbonyl (C=O) groups excluding carboxylic acids is 1. The lowest BCUT2D eigenvalue weighted by Crippen LogP contribution is -2.47. The Balaban J connectivity index is 1.13. The van der Waals surface area contributed by atoms with Gasteiger partial charge in [-0.2, -0.15) is 0 Å². The van der Waals surface area contributed by atoms with Crippen molar-refractivity contribution in [3.05, 3.63) is 60.6 Å². The number of fused-ring (bicyclic) bond motifs is 1. The van der Waals surface area contributed by atoms with Gasteiger partial charge in [0.2, 0.25) is 5.95 Å². The Morgan fingerprint density at radius 2 is 1.69 bits per heavy atom. The zero-order chi connectivity index (χ0) is 29.4. The van der Waals surface area contributed by atoms with E-state index in [2.05, 4.69) is 39.7 Å². The first kappa shape index (κ1) is 27.2. The predicted molar refractivity (Wildman–Crippen MR) is 157 cm³/mol. The van der Waals surface area contributed by atoms with Gasteiger partial charge in [-0.05, 0) is 24.1 Å². The van der Waals surface area contributed by atoms with Gasteiger partial charge in [0.1, 0.15) is 28.7 Å². The fourth-order valence-electron chi connectivity index (χ4n) is 5.40. The van der Waals surface area contributed by atoms with Gasteiger partial charge in [0.15, 0.2) is 5.76 Å². The van der Waals surface area contributed by atoms with Crippen LogP contribution in [-0.4, -0.2) is 74.3 Å². The minimum absolute atomic E-state index is 0.00124. The van der Waals surface area contributed by atoms with E-state index in [1.165, 1.54) is 7.11 Å². The summed E-state index contributed by atoms with van der Waals surface area (Å²) in [5, 5.41) is 23.2. The lowest BCUT2D eigenvalue weighted by atomic mass is 9.93. The zero-order valence-corrected chi connectivity index (χ0v) is 23.9. The van der Waals surface area contributed by atoms with Crippen LogP contribution in [-0.2, 0) is 16.6 Å². The molecule has 6 rings (SSSR count). The molecule has 0 amide bonds. The minimum Gasteiger partial charge on any atom is -0.507 e. The molecule has 1 saturated heterocycles. The molecule has 0 radical (unpaired) electrons. The normalized spacial score (nSPS) is 14.5. The molecule has 1 fully saturated rings. The summed E-state index contributed by atoms with van der Waals surface area (Å²) in [7, 11) is 3.39. The topological polar surface area (TPSA) is 136 Å². The molecule has 0 spiro atoms. The zero-order valence-electron chi connectivity index (χ0n) is 23.9. The molecule has 0 bridgehead atoms. The molecule has 0 saturated carbocycles. The lowest BCUT2D eigenvalue weighted by Gasteiger charge is -2.36. The molecule has 12 nitrogen and oxygen atoms in total. The smallest absolute Gasteiger partial charge is 0.316 e. The number of ether oxygens (including phenoxy) is 1. The largest absolute Gasteiger partial charge is 0.507 e. The van der Waals surface area contributed by atoms with E-state index in [1.54, 1.807) is 30.6 Å². The van der Waals surface area contributed by atoms with Crippen molar-refractivity contribution in [3.8, 4) is 28.3 Å². The van der Waals surface area contributed by atoms with E-state index in [-0.39, 0.29) is 17.6 Å². The van der Waals surface area contributed by atoms with Gasteiger partial charge in [-0.15, -0.1) is 10.2 Å².